The fourth-order valence-electron chi connectivity index (χ4n) is 2.13. The number of benzene rings is 1. The minimum atomic E-state index is 0.0847. The largest absolute Gasteiger partial charge is 0.308 e. The summed E-state index contributed by atoms with van der Waals surface area (Å²) in [5, 5.41) is 3.94. The first-order chi connectivity index (χ1) is 7.75. The van der Waals surface area contributed by atoms with Crippen LogP contribution in [-0.2, 0) is 13.1 Å². The minimum Gasteiger partial charge on any atom is -0.308 e. The number of fused-ring (bicyclic) bond motifs is 2. The monoisotopic (exact) mass is 213 g/mol. The van der Waals surface area contributed by atoms with Crippen molar-refractivity contribution in [1.82, 2.24) is 14.9 Å². The Morgan fingerprint density at radius 1 is 1.44 bits per heavy atom. The summed E-state index contributed by atoms with van der Waals surface area (Å²) in [4.78, 5) is 16.7. The second-order valence-corrected chi connectivity index (χ2v) is 4.18. The SMILES string of the molecule is Bc1ccc2c(=O)n3c(nc2c1)CNCC3. The highest BCUT2D eigenvalue weighted by Crippen LogP contribution is 2.08. The van der Waals surface area contributed by atoms with Crippen molar-refractivity contribution in [2.75, 3.05) is 6.54 Å². The normalized spacial score (nSPS) is 15.0. The Morgan fingerprint density at radius 2 is 2.31 bits per heavy atom. The molecular formula is C11H12BN3O. The molecule has 3 rings (SSSR count). The summed E-state index contributed by atoms with van der Waals surface area (Å²) >= 11 is 0. The molecule has 4 nitrogen and oxygen atoms in total. The van der Waals surface area contributed by atoms with Gasteiger partial charge in [0.2, 0.25) is 0 Å². The van der Waals surface area contributed by atoms with Gasteiger partial charge >= 0.3 is 0 Å². The summed E-state index contributed by atoms with van der Waals surface area (Å²) in [5.74, 6) is 0.842. The fourth-order valence-corrected chi connectivity index (χ4v) is 2.13. The maximum absolute atomic E-state index is 12.2. The molecule has 1 aliphatic heterocycles. The van der Waals surface area contributed by atoms with Crippen LogP contribution in [0.4, 0.5) is 0 Å². The molecule has 0 saturated heterocycles. The van der Waals surface area contributed by atoms with Crippen molar-refractivity contribution in [3.8, 4) is 0 Å². The van der Waals surface area contributed by atoms with E-state index in [0.29, 0.717) is 13.1 Å². The third kappa shape index (κ3) is 1.36. The van der Waals surface area contributed by atoms with Gasteiger partial charge in [0.1, 0.15) is 13.7 Å². The smallest absolute Gasteiger partial charge is 0.261 e. The van der Waals surface area contributed by atoms with E-state index in [9.17, 15) is 4.79 Å². The number of nitrogens with zero attached hydrogens (tertiary/aromatic N) is 2. The average Bonchev–Trinajstić information content (AvgIpc) is 2.29. The molecule has 16 heavy (non-hydrogen) atoms. The predicted molar refractivity (Wildman–Crippen MR) is 65.9 cm³/mol. The standard InChI is InChI=1S/C11H12BN3O/c12-7-1-2-8-9(5-7)14-10-6-13-3-4-15(10)11(8)16/h1-2,5,13H,3-4,6,12H2. The van der Waals surface area contributed by atoms with Crippen LogP contribution in [0.25, 0.3) is 10.9 Å². The maximum atomic E-state index is 12.2. The van der Waals surface area contributed by atoms with E-state index in [4.69, 9.17) is 0 Å². The lowest BCUT2D eigenvalue weighted by atomic mass is 9.95. The zero-order valence-electron chi connectivity index (χ0n) is 9.16. The van der Waals surface area contributed by atoms with Crippen LogP contribution in [-0.4, -0.2) is 23.9 Å². The zero-order chi connectivity index (χ0) is 11.1. The summed E-state index contributed by atoms with van der Waals surface area (Å²) in [6.07, 6.45) is 0. The van der Waals surface area contributed by atoms with Crippen LogP contribution in [0.3, 0.4) is 0 Å². The van der Waals surface area contributed by atoms with E-state index in [0.717, 1.165) is 28.7 Å². The van der Waals surface area contributed by atoms with Crippen LogP contribution in [0, 0.1) is 0 Å². The molecule has 1 aromatic heterocycles. The Kier molecular flexibility index (Phi) is 2.07. The number of hydrogen-bond acceptors (Lipinski definition) is 3. The molecule has 0 amide bonds. The lowest BCUT2D eigenvalue weighted by Crippen LogP contribution is -2.37. The molecule has 1 aliphatic rings. The molecule has 5 heteroatoms. The summed E-state index contributed by atoms with van der Waals surface area (Å²) in [6.45, 7) is 2.23. The van der Waals surface area contributed by atoms with Crippen molar-refractivity contribution < 1.29 is 0 Å². The van der Waals surface area contributed by atoms with E-state index in [1.165, 1.54) is 0 Å². The highest BCUT2D eigenvalue weighted by molar-refractivity contribution is 6.33. The Labute approximate surface area is 93.7 Å². The lowest BCUT2D eigenvalue weighted by molar-refractivity contribution is 0.486. The van der Waals surface area contributed by atoms with Gasteiger partial charge in [0.05, 0.1) is 17.4 Å². The van der Waals surface area contributed by atoms with E-state index in [-0.39, 0.29) is 5.56 Å². The average molecular weight is 213 g/mol. The van der Waals surface area contributed by atoms with Gasteiger partial charge in [0.25, 0.3) is 5.56 Å². The van der Waals surface area contributed by atoms with E-state index >= 15 is 0 Å². The van der Waals surface area contributed by atoms with Gasteiger partial charge in [0, 0.05) is 13.1 Å². The first-order valence-electron chi connectivity index (χ1n) is 5.46. The third-order valence-electron chi connectivity index (χ3n) is 2.99. The highest BCUT2D eigenvalue weighted by Gasteiger charge is 2.13. The summed E-state index contributed by atoms with van der Waals surface area (Å²) in [5.41, 5.74) is 2.02. The Bertz CT molecular complexity index is 620. The molecular weight excluding hydrogens is 201 g/mol. The molecule has 0 fully saturated rings. The van der Waals surface area contributed by atoms with Crippen LogP contribution in [0.2, 0.25) is 0 Å². The van der Waals surface area contributed by atoms with Gasteiger partial charge in [-0.05, 0) is 12.1 Å². The van der Waals surface area contributed by atoms with Crippen molar-refractivity contribution in [1.29, 1.82) is 0 Å². The maximum Gasteiger partial charge on any atom is 0.261 e. The Balaban J connectivity index is 2.39. The fraction of sp³-hybridized carbons (Fsp3) is 0.273. The van der Waals surface area contributed by atoms with Crippen LogP contribution in [0.15, 0.2) is 23.0 Å². The van der Waals surface area contributed by atoms with Crippen molar-refractivity contribution >= 4 is 24.2 Å². The van der Waals surface area contributed by atoms with Gasteiger partial charge in [-0.1, -0.05) is 11.5 Å². The number of nitrogens with one attached hydrogen (secondary N) is 1. The summed E-state index contributed by atoms with van der Waals surface area (Å²) in [6, 6.07) is 5.79. The third-order valence-corrected chi connectivity index (χ3v) is 2.99. The van der Waals surface area contributed by atoms with E-state index < -0.39 is 0 Å². The summed E-state index contributed by atoms with van der Waals surface area (Å²) in [7, 11) is 2.01. The van der Waals surface area contributed by atoms with Crippen molar-refractivity contribution in [2.24, 2.45) is 0 Å². The minimum absolute atomic E-state index is 0.0847. The van der Waals surface area contributed by atoms with E-state index in [1.807, 2.05) is 26.0 Å². The van der Waals surface area contributed by atoms with Gasteiger partial charge in [-0.3, -0.25) is 9.36 Å². The first-order valence-corrected chi connectivity index (χ1v) is 5.46. The van der Waals surface area contributed by atoms with Gasteiger partial charge in [-0.25, -0.2) is 4.98 Å². The van der Waals surface area contributed by atoms with Gasteiger partial charge < -0.3 is 5.32 Å². The molecule has 1 N–H and O–H groups in total. The number of hydrogen-bond donors (Lipinski definition) is 1. The number of aromatic nitrogens is 2. The molecule has 0 unspecified atom stereocenters. The molecule has 0 atom stereocenters. The van der Waals surface area contributed by atoms with Crippen molar-refractivity contribution in [2.45, 2.75) is 13.1 Å². The Hall–Kier alpha value is -1.62. The quantitative estimate of drug-likeness (QED) is 0.556. The first kappa shape index (κ1) is 9.60. The highest BCUT2D eigenvalue weighted by atomic mass is 16.1. The van der Waals surface area contributed by atoms with Crippen LogP contribution in [0.5, 0.6) is 0 Å². The Morgan fingerprint density at radius 3 is 3.19 bits per heavy atom. The lowest BCUT2D eigenvalue weighted by Gasteiger charge is -2.18. The van der Waals surface area contributed by atoms with Gasteiger partial charge in [-0.15, -0.1) is 0 Å². The molecule has 2 aromatic rings. The van der Waals surface area contributed by atoms with Crippen molar-refractivity contribution in [3.63, 3.8) is 0 Å². The van der Waals surface area contributed by atoms with E-state index in [1.54, 1.807) is 4.57 Å². The molecule has 80 valence electrons. The predicted octanol–water partition coefficient (Wildman–Crippen LogP) is -1.24. The molecule has 0 aliphatic carbocycles. The number of rotatable bonds is 0. The molecule has 0 spiro atoms. The van der Waals surface area contributed by atoms with Crippen LogP contribution < -0.4 is 16.3 Å². The summed E-state index contributed by atoms with van der Waals surface area (Å²) < 4.78 is 1.77. The topological polar surface area (TPSA) is 46.9 Å². The van der Waals surface area contributed by atoms with Gasteiger partial charge in [-0.2, -0.15) is 0 Å². The van der Waals surface area contributed by atoms with Crippen molar-refractivity contribution in [3.05, 3.63) is 34.4 Å². The molecule has 0 bridgehead atoms. The van der Waals surface area contributed by atoms with Crippen LogP contribution >= 0.6 is 0 Å². The van der Waals surface area contributed by atoms with Crippen LogP contribution in [0.1, 0.15) is 5.82 Å². The molecule has 2 heterocycles. The molecule has 0 radical (unpaired) electrons. The van der Waals surface area contributed by atoms with E-state index in [2.05, 4.69) is 10.3 Å². The molecule has 1 aromatic carbocycles. The second kappa shape index (κ2) is 3.45. The second-order valence-electron chi connectivity index (χ2n) is 4.18. The van der Waals surface area contributed by atoms with Gasteiger partial charge in [0.15, 0.2) is 0 Å². The molecule has 0 saturated carbocycles. The zero-order valence-corrected chi connectivity index (χ0v) is 9.16.